The van der Waals surface area contributed by atoms with Crippen LogP contribution in [0.4, 0.5) is 0 Å². The maximum Gasteiger partial charge on any atom is 0.116 e. The van der Waals surface area contributed by atoms with E-state index in [1.807, 2.05) is 0 Å². The number of hydrogen-bond donors (Lipinski definition) is 2. The van der Waals surface area contributed by atoms with Gasteiger partial charge in [-0.3, -0.25) is 0 Å². The number of hydrogen-bond acceptors (Lipinski definition) is 2. The number of aromatic amines is 2. The van der Waals surface area contributed by atoms with Gasteiger partial charge in [0, 0.05) is 44.3 Å². The quantitative estimate of drug-likeness (QED) is 0.0593. The molecule has 0 atom stereocenters. The average Bonchev–Trinajstić information content (AvgIpc) is 0.808. The van der Waals surface area contributed by atoms with E-state index in [1.54, 1.807) is 0 Å². The fourth-order valence-corrected chi connectivity index (χ4v) is 36.7. The summed E-state index contributed by atoms with van der Waals surface area (Å²) in [6.07, 6.45) is 12.3. The lowest BCUT2D eigenvalue weighted by Gasteiger charge is -2.28. The lowest BCUT2D eigenvalue weighted by atomic mass is 10.0. The highest BCUT2D eigenvalue weighted by Gasteiger charge is 2.50. The molecule has 8 bridgehead atoms. The van der Waals surface area contributed by atoms with Crippen molar-refractivity contribution in [3.8, 4) is 44.5 Å². The summed E-state index contributed by atoms with van der Waals surface area (Å²) >= 11 is 0. The van der Waals surface area contributed by atoms with Crippen molar-refractivity contribution in [1.82, 2.24) is 19.9 Å². The fraction of sp³-hybridized carbons (Fsp3) is 0.0333. The number of fused-ring (bicyclic) bond motifs is 8. The Morgan fingerprint density at radius 1 is 0.152 bits per heavy atom. The van der Waals surface area contributed by atoms with Gasteiger partial charge in [-0.15, -0.1) is 0 Å². The first kappa shape index (κ1) is 91.6. The van der Waals surface area contributed by atoms with Crippen LogP contribution in [0.2, 0.25) is 0 Å². The molecule has 0 unspecified atom stereocenters. The maximum atomic E-state index is 5.98. The fourth-order valence-electron chi connectivity index (χ4n) is 19.7. The highest BCUT2D eigenvalue weighted by Crippen LogP contribution is 2.62. The van der Waals surface area contributed by atoms with Crippen molar-refractivity contribution >= 4 is 139 Å². The van der Waals surface area contributed by atoms with Crippen molar-refractivity contribution in [2.75, 3.05) is 0 Å². The minimum absolute atomic E-state index is 0. The first-order chi connectivity index (χ1) is 63.4. The molecule has 2 aliphatic rings. The van der Waals surface area contributed by atoms with Crippen molar-refractivity contribution < 1.29 is 67.9 Å². The average molecular weight is 2040 g/mol. The summed E-state index contributed by atoms with van der Waals surface area (Å²) in [6.45, 7) is 0. The van der Waals surface area contributed by atoms with Crippen LogP contribution in [0, 0.1) is 0 Å². The van der Waals surface area contributed by atoms with Crippen LogP contribution >= 0.6 is 29.0 Å². The van der Waals surface area contributed by atoms with Gasteiger partial charge in [0.2, 0.25) is 0 Å². The molecule has 0 spiro atoms. The van der Waals surface area contributed by atoms with E-state index in [9.17, 15) is 0 Å². The number of aromatic nitrogens is 4. The van der Waals surface area contributed by atoms with Crippen LogP contribution in [0.5, 0.6) is 0 Å². The Morgan fingerprint density at radius 2 is 0.280 bits per heavy atom. The van der Waals surface area contributed by atoms with E-state index in [1.165, 1.54) is 85.9 Å². The van der Waals surface area contributed by atoms with Gasteiger partial charge in [0.25, 0.3) is 0 Å². The second kappa shape index (κ2) is 41.3. The van der Waals surface area contributed by atoms with Gasteiger partial charge in [0.1, 0.15) is 92.7 Å². The lowest BCUT2D eigenvalue weighted by molar-refractivity contribution is -0.00100. The van der Waals surface area contributed by atoms with Gasteiger partial charge < -0.3 is 77.9 Å². The third-order valence-electron chi connectivity index (χ3n) is 25.8. The highest BCUT2D eigenvalue weighted by atomic mass is 79.9. The predicted octanol–water partition coefficient (Wildman–Crippen LogP) is 13.3. The predicted molar refractivity (Wildman–Crippen MR) is 556 cm³/mol. The van der Waals surface area contributed by atoms with Crippen LogP contribution in [0.25, 0.3) is 90.9 Å². The van der Waals surface area contributed by atoms with Crippen molar-refractivity contribution in [1.29, 1.82) is 0 Å². The molecule has 0 amide bonds. The summed E-state index contributed by atoms with van der Waals surface area (Å²) in [7, 11) is -9.05. The van der Waals surface area contributed by atoms with Crippen LogP contribution in [-0.4, -0.2) is 19.9 Å². The number of halogens is 4. The summed E-state index contributed by atoms with van der Waals surface area (Å²) in [5.74, 6) is 0. The second-order valence-corrected chi connectivity index (χ2v) is 47.1. The smallest absolute Gasteiger partial charge is 0.116 e. The number of benzene rings is 16. The van der Waals surface area contributed by atoms with Gasteiger partial charge in [0.15, 0.2) is 0 Å². The Hall–Kier alpha value is -12.2. The minimum Gasteiger partial charge on any atom is -1.00 e. The Labute approximate surface area is 819 Å². The molecular weight excluding hydrogens is 1940 g/mol. The zero-order valence-electron chi connectivity index (χ0n) is 72.5. The Kier molecular flexibility index (Phi) is 28.7. The Balaban J connectivity index is 0.00000304. The summed E-state index contributed by atoms with van der Waals surface area (Å²) in [5, 5.41) is 16.2. The Bertz CT molecular complexity index is 6080. The molecule has 0 aliphatic carbocycles. The maximum absolute atomic E-state index is 5.98. The molecule has 16 aromatic carbocycles. The van der Waals surface area contributed by atoms with E-state index in [4.69, 9.17) is 9.97 Å². The van der Waals surface area contributed by atoms with Gasteiger partial charge in [-0.05, 0) is 239 Å². The van der Waals surface area contributed by atoms with E-state index in [2.05, 4.69) is 520 Å². The third-order valence-corrected chi connectivity index (χ3v) is 43.3. The lowest BCUT2D eigenvalue weighted by Crippen LogP contribution is -3.00. The molecule has 132 heavy (non-hydrogen) atoms. The molecule has 642 valence electrons. The molecule has 2 N–H and O–H groups in total. The van der Waals surface area contributed by atoms with Gasteiger partial charge in [-0.1, -0.05) is 315 Å². The number of nitrogens with zero attached hydrogens (tertiary/aromatic N) is 2. The molecule has 0 saturated heterocycles. The number of H-pyrrole nitrogens is 2. The van der Waals surface area contributed by atoms with Crippen LogP contribution in [0.1, 0.15) is 45.0 Å². The molecule has 4 nitrogen and oxygen atoms in total. The number of rotatable bonds is 24. The van der Waals surface area contributed by atoms with Crippen LogP contribution < -0.4 is 132 Å². The van der Waals surface area contributed by atoms with Crippen LogP contribution in [-0.2, 0) is 24.6 Å². The van der Waals surface area contributed by atoms with E-state index in [0.717, 1.165) is 114 Å². The van der Waals surface area contributed by atoms with E-state index in [0.29, 0.717) is 0 Å². The SMILES string of the molecule is C1=Cc2nc1c(-c1ccc(C[P+](c3ccccc3)(c3ccccc3)c3ccccc3)cc1)c1ccc([nH]1)c(-c1ccc(C[P+](c3ccccc3)(c3ccccc3)c3ccccc3)cc1)c1nc(c(-c3ccc(C[P+](c4ccccc4)(c4ccccc4)c4ccccc4)cc3)c3ccc([nH]3)c2-c2ccc(C[P+](c3ccccc3)(c3ccccc3)c3ccccc3)cc2)C=C1.[Br-].[Br-].[Br-].[Br-]. The van der Waals surface area contributed by atoms with Crippen LogP contribution in [0.15, 0.2) is 485 Å². The highest BCUT2D eigenvalue weighted by molar-refractivity contribution is 7.96. The van der Waals surface area contributed by atoms with Crippen molar-refractivity contribution in [2.45, 2.75) is 24.6 Å². The Morgan fingerprint density at radius 3 is 0.409 bits per heavy atom. The summed E-state index contributed by atoms with van der Waals surface area (Å²) in [6, 6.07) is 182. The van der Waals surface area contributed by atoms with Crippen molar-refractivity contribution in [2.24, 2.45) is 0 Å². The molecule has 0 fully saturated rings. The first-order valence-corrected chi connectivity index (χ1v) is 52.0. The third kappa shape index (κ3) is 17.9. The normalized spacial score (nSPS) is 11.8. The van der Waals surface area contributed by atoms with E-state index < -0.39 is 29.0 Å². The molecule has 0 saturated carbocycles. The van der Waals surface area contributed by atoms with Gasteiger partial charge >= 0.3 is 0 Å². The second-order valence-electron chi connectivity index (χ2n) is 33.2. The summed E-state index contributed by atoms with van der Waals surface area (Å²) in [5.41, 5.74) is 20.3. The molecule has 12 heteroatoms. The summed E-state index contributed by atoms with van der Waals surface area (Å²) < 4.78 is 0. The summed E-state index contributed by atoms with van der Waals surface area (Å²) in [4.78, 5) is 20.3. The zero-order chi connectivity index (χ0) is 85.5. The monoisotopic (exact) mass is 2030 g/mol. The first-order valence-electron chi connectivity index (χ1n) is 44.1. The van der Waals surface area contributed by atoms with Crippen molar-refractivity contribution in [3.05, 3.63) is 530 Å². The molecule has 5 heterocycles. The number of nitrogens with one attached hydrogen (secondary N) is 2. The van der Waals surface area contributed by atoms with Gasteiger partial charge in [-0.2, -0.15) is 0 Å². The minimum atomic E-state index is -2.26. The zero-order valence-corrected chi connectivity index (χ0v) is 82.4. The van der Waals surface area contributed by atoms with Gasteiger partial charge in [0.05, 0.1) is 47.4 Å². The van der Waals surface area contributed by atoms with Crippen molar-refractivity contribution in [3.63, 3.8) is 0 Å². The molecule has 3 aromatic heterocycles. The van der Waals surface area contributed by atoms with E-state index >= 15 is 0 Å². The molecule has 21 rings (SSSR count). The molecular formula is C120H94Br4N4P4. The van der Waals surface area contributed by atoms with Gasteiger partial charge in [-0.25, -0.2) is 9.97 Å². The topological polar surface area (TPSA) is 57.4 Å². The molecule has 19 aromatic rings. The van der Waals surface area contributed by atoms with E-state index in [-0.39, 0.29) is 67.9 Å². The largest absolute Gasteiger partial charge is 1.00 e. The van der Waals surface area contributed by atoms with Crippen LogP contribution in [0.3, 0.4) is 0 Å². The molecule has 2 aliphatic heterocycles. The standard InChI is InChI=1S/C120H94N4P4.4BrH/c1-13-37-97(38-14-1)125(98-39-15-2-16-40-98,99-41-17-3-18-42-99)85-89-61-69-93(70-62-89)117-109-77-79-111(121-109)118(94-71-63-90(64-72-94)86-126(100-43-19-4-20-44-100,101-45-21-5-22-46-101)102-47-23-6-24-48-102)113-81-83-115(123-113)120(96-75-67-92(68-76-96)88-128(106-55-31-10-32-56-106,107-57-33-11-34-58-107)108-59-35-12-36-60-108)116-84-82-114(124-116)119(112-80-78-110(117)122-112)95-73-65-91(66-74-95)87-127(103-49-25-7-26-50-103,104-51-27-8-28-52-104)105-53-29-9-30-54-105;;;;/h1-84,121,124H,85-88H2;4*1H/q+4;;;;/p-4. The molecule has 0 radical (unpaired) electrons.